The van der Waals surface area contributed by atoms with Gasteiger partial charge in [-0.2, -0.15) is 13.9 Å². The number of alkyl halides is 2. The van der Waals surface area contributed by atoms with Crippen LogP contribution in [-0.2, 0) is 11.8 Å². The molecule has 2 atom stereocenters. The Morgan fingerprint density at radius 2 is 1.91 bits per heavy atom. The summed E-state index contributed by atoms with van der Waals surface area (Å²) in [7, 11) is 1.58. The molecule has 33 heavy (non-hydrogen) atoms. The molecule has 12 heteroatoms. The minimum Gasteiger partial charge on any atom is -0.383 e. The number of aryl methyl sites for hydroxylation is 1. The number of amides is 2. The fraction of sp³-hybridized carbons (Fsp3) is 0.476. The molecule has 2 fully saturated rings. The predicted molar refractivity (Wildman–Crippen MR) is 114 cm³/mol. The van der Waals surface area contributed by atoms with E-state index in [2.05, 4.69) is 10.4 Å². The first-order valence-corrected chi connectivity index (χ1v) is 10.7. The fourth-order valence-corrected chi connectivity index (χ4v) is 5.40. The molecule has 2 aromatic rings. The van der Waals surface area contributed by atoms with Crippen molar-refractivity contribution in [2.45, 2.75) is 43.1 Å². The highest BCUT2D eigenvalue weighted by molar-refractivity contribution is 6.31. The van der Waals surface area contributed by atoms with Gasteiger partial charge in [0.15, 0.2) is 0 Å². The molecule has 0 spiro atoms. The summed E-state index contributed by atoms with van der Waals surface area (Å²) in [5, 5.41) is 17.3. The molecule has 1 aromatic heterocycles. The minimum absolute atomic E-state index is 0.115. The molecule has 4 rings (SSSR count). The maximum absolute atomic E-state index is 14.2. The van der Waals surface area contributed by atoms with Gasteiger partial charge in [0.25, 0.3) is 11.8 Å². The lowest BCUT2D eigenvalue weighted by Crippen LogP contribution is -2.54. The van der Waals surface area contributed by atoms with Crippen molar-refractivity contribution in [2.75, 3.05) is 11.1 Å². The molecule has 2 aliphatic carbocycles. The van der Waals surface area contributed by atoms with E-state index in [4.69, 9.17) is 23.1 Å². The van der Waals surface area contributed by atoms with E-state index in [1.54, 1.807) is 7.05 Å². The molecule has 0 bridgehead atoms. The number of carbonyl (C=O) groups is 2. The van der Waals surface area contributed by atoms with Crippen molar-refractivity contribution >= 4 is 34.9 Å². The predicted octanol–water partition coefficient (Wildman–Crippen LogP) is 2.80. The topological polar surface area (TPSA) is 136 Å². The zero-order valence-corrected chi connectivity index (χ0v) is 18.4. The van der Waals surface area contributed by atoms with Gasteiger partial charge >= 0.3 is 5.92 Å². The highest BCUT2D eigenvalue weighted by Gasteiger charge is 2.64. The van der Waals surface area contributed by atoms with Crippen molar-refractivity contribution in [3.05, 3.63) is 40.3 Å². The maximum Gasteiger partial charge on any atom is 0.352 e. The second kappa shape index (κ2) is 7.91. The number of primary amides is 1. The lowest BCUT2D eigenvalue weighted by molar-refractivity contribution is -0.189. The zero-order chi connectivity index (χ0) is 24.3. The van der Waals surface area contributed by atoms with Crippen LogP contribution in [0, 0.1) is 17.7 Å². The smallest absolute Gasteiger partial charge is 0.352 e. The van der Waals surface area contributed by atoms with Gasteiger partial charge < -0.3 is 21.9 Å². The van der Waals surface area contributed by atoms with Crippen LogP contribution in [0.1, 0.15) is 47.7 Å². The number of anilines is 2. The zero-order valence-electron chi connectivity index (χ0n) is 17.6. The summed E-state index contributed by atoms with van der Waals surface area (Å²) in [6.45, 7) is 0. The van der Waals surface area contributed by atoms with Gasteiger partial charge in [0.05, 0.1) is 10.7 Å². The third-order valence-electron chi connectivity index (χ3n) is 6.84. The molecule has 2 aliphatic rings. The number of nitrogens with two attached hydrogens (primary N) is 2. The van der Waals surface area contributed by atoms with Gasteiger partial charge in [-0.25, -0.2) is 4.39 Å². The Morgan fingerprint density at radius 1 is 1.30 bits per heavy atom. The molecule has 0 aliphatic heterocycles. The number of rotatable bonds is 5. The van der Waals surface area contributed by atoms with Crippen LogP contribution in [0.25, 0.3) is 0 Å². The van der Waals surface area contributed by atoms with Crippen molar-refractivity contribution < 1.29 is 27.9 Å². The first kappa shape index (κ1) is 23.4. The number of carbonyl (C=O) groups excluding carboxylic acids is 2. The Kier molecular flexibility index (Phi) is 5.60. The van der Waals surface area contributed by atoms with Crippen LogP contribution in [0.5, 0.6) is 0 Å². The average Bonchev–Trinajstić information content (AvgIpc) is 3.34. The Labute approximate surface area is 192 Å². The maximum atomic E-state index is 14.2. The Bertz CT molecular complexity index is 1120. The molecule has 1 aromatic carbocycles. The van der Waals surface area contributed by atoms with Crippen molar-refractivity contribution in [3.63, 3.8) is 0 Å². The van der Waals surface area contributed by atoms with Gasteiger partial charge in [0.2, 0.25) is 0 Å². The summed E-state index contributed by atoms with van der Waals surface area (Å²) in [5.74, 6) is -7.79. The molecular formula is C21H23ClF3N5O3. The quantitative estimate of drug-likeness (QED) is 0.516. The molecule has 2 amide bonds. The number of fused-ring (bicyclic) bond motifs is 1. The van der Waals surface area contributed by atoms with Gasteiger partial charge in [-0.15, -0.1) is 0 Å². The molecular weight excluding hydrogens is 463 g/mol. The second-order valence-electron chi connectivity index (χ2n) is 8.92. The molecule has 0 saturated heterocycles. The Balaban J connectivity index is 1.55. The van der Waals surface area contributed by atoms with Crippen molar-refractivity contribution in [1.29, 1.82) is 0 Å². The number of nitrogens with one attached hydrogen (secondary N) is 1. The first-order chi connectivity index (χ1) is 15.3. The first-order valence-electron chi connectivity index (χ1n) is 10.3. The number of nitrogen functional groups attached to an aromatic ring is 1. The number of halogens is 4. The Morgan fingerprint density at radius 3 is 2.45 bits per heavy atom. The summed E-state index contributed by atoms with van der Waals surface area (Å²) in [5.41, 5.74) is 9.24. The van der Waals surface area contributed by atoms with Gasteiger partial charge in [-0.05, 0) is 55.7 Å². The second-order valence-corrected chi connectivity index (χ2v) is 9.33. The number of nitrogens with zero attached hydrogens (tertiary/aromatic N) is 2. The molecule has 8 nitrogen and oxygen atoms in total. The lowest BCUT2D eigenvalue weighted by Gasteiger charge is -2.31. The van der Waals surface area contributed by atoms with Gasteiger partial charge in [-0.1, -0.05) is 11.6 Å². The van der Waals surface area contributed by atoms with Crippen molar-refractivity contribution in [2.24, 2.45) is 24.6 Å². The van der Waals surface area contributed by atoms with E-state index in [1.165, 1.54) is 16.8 Å². The van der Waals surface area contributed by atoms with Crippen LogP contribution in [0.15, 0.2) is 18.2 Å². The molecule has 2 saturated carbocycles. The fourth-order valence-electron chi connectivity index (χ4n) is 5.22. The van der Waals surface area contributed by atoms with E-state index in [9.17, 15) is 27.9 Å². The highest BCUT2D eigenvalue weighted by Crippen LogP contribution is 2.57. The average molecular weight is 486 g/mol. The molecule has 1 heterocycles. The highest BCUT2D eigenvalue weighted by atomic mass is 35.5. The summed E-state index contributed by atoms with van der Waals surface area (Å²) in [6, 6.07) is 3.73. The number of aliphatic hydroxyl groups is 1. The minimum atomic E-state index is -4.02. The third kappa shape index (κ3) is 3.82. The summed E-state index contributed by atoms with van der Waals surface area (Å²) in [6.07, 6.45) is 0.228. The number of hydrogen-bond donors (Lipinski definition) is 4. The number of aromatic nitrogens is 2. The number of hydrogen-bond acceptors (Lipinski definition) is 5. The standard InChI is InChI=1S/C21H23ClF3N5O3/c1-30-17(26)15(18(31)28-12-2-3-14(23)13(22)6-12)16(29-30)9-4-10-7-20(33,8-11(10)5-9)21(24,25)19(27)32/h2-3,6,9-11,33H,4-5,7-8,26H2,1H3,(H2,27,32)(H,28,31). The molecule has 178 valence electrons. The molecule has 6 N–H and O–H groups in total. The van der Waals surface area contributed by atoms with Gasteiger partial charge in [0, 0.05) is 18.7 Å². The monoisotopic (exact) mass is 485 g/mol. The van der Waals surface area contributed by atoms with E-state index in [-0.39, 0.29) is 52.7 Å². The molecule has 2 unspecified atom stereocenters. The van der Waals surface area contributed by atoms with Crippen LogP contribution in [-0.4, -0.2) is 38.2 Å². The van der Waals surface area contributed by atoms with Crippen LogP contribution in [0.2, 0.25) is 5.02 Å². The largest absolute Gasteiger partial charge is 0.383 e. The van der Waals surface area contributed by atoms with Gasteiger partial charge in [0.1, 0.15) is 22.8 Å². The van der Waals surface area contributed by atoms with Crippen LogP contribution in [0.4, 0.5) is 24.7 Å². The van der Waals surface area contributed by atoms with E-state index in [0.717, 1.165) is 6.07 Å². The van der Waals surface area contributed by atoms with Gasteiger partial charge in [-0.3, -0.25) is 14.3 Å². The summed E-state index contributed by atoms with van der Waals surface area (Å²) >= 11 is 5.77. The van der Waals surface area contributed by atoms with Crippen LogP contribution < -0.4 is 16.8 Å². The van der Waals surface area contributed by atoms with E-state index in [1.807, 2.05) is 0 Å². The lowest BCUT2D eigenvalue weighted by atomic mass is 9.87. The Hall–Kier alpha value is -2.79. The summed E-state index contributed by atoms with van der Waals surface area (Å²) < 4.78 is 43.2. The SMILES string of the molecule is Cn1nc(C2CC3CC(O)(C(F)(F)C(N)=O)CC3C2)c(C(=O)Nc2ccc(F)c(Cl)c2)c1N. The normalized spacial score (nSPS) is 26.9. The van der Waals surface area contributed by atoms with E-state index >= 15 is 0 Å². The summed E-state index contributed by atoms with van der Waals surface area (Å²) in [4.78, 5) is 24.2. The van der Waals surface area contributed by atoms with Crippen LogP contribution in [0.3, 0.4) is 0 Å². The van der Waals surface area contributed by atoms with E-state index in [0.29, 0.717) is 18.5 Å². The van der Waals surface area contributed by atoms with Crippen molar-refractivity contribution in [3.8, 4) is 0 Å². The third-order valence-corrected chi connectivity index (χ3v) is 7.13. The molecule has 0 radical (unpaired) electrons. The van der Waals surface area contributed by atoms with Crippen molar-refractivity contribution in [1.82, 2.24) is 9.78 Å². The van der Waals surface area contributed by atoms with E-state index < -0.39 is 29.2 Å². The number of benzene rings is 1. The van der Waals surface area contributed by atoms with Crippen LogP contribution >= 0.6 is 11.6 Å².